The van der Waals surface area contributed by atoms with Gasteiger partial charge in [0.2, 0.25) is 0 Å². The first-order valence-electron chi connectivity index (χ1n) is 12.9. The number of carbonyl (C=O) groups is 1. The van der Waals surface area contributed by atoms with Crippen molar-refractivity contribution in [1.82, 2.24) is 0 Å². The van der Waals surface area contributed by atoms with Crippen molar-refractivity contribution in [3.05, 3.63) is 0 Å². The summed E-state index contributed by atoms with van der Waals surface area (Å²) in [4.78, 5) is 11.0. The molecular formula is C25H43NO8. The van der Waals surface area contributed by atoms with Gasteiger partial charge in [-0.1, -0.05) is 13.8 Å². The molecule has 0 aliphatic heterocycles. The molecule has 9 nitrogen and oxygen atoms in total. The topological polar surface area (TPSA) is 185 Å². The summed E-state index contributed by atoms with van der Waals surface area (Å²) in [6, 6.07) is 0. The van der Waals surface area contributed by atoms with Gasteiger partial charge in [-0.2, -0.15) is 0 Å². The number of aliphatic hydroxyl groups excluding tert-OH is 3. The summed E-state index contributed by atoms with van der Waals surface area (Å²) in [5.41, 5.74) is 4.99. The van der Waals surface area contributed by atoms with Crippen LogP contribution in [0.25, 0.3) is 0 Å². The van der Waals surface area contributed by atoms with Crippen molar-refractivity contribution < 1.29 is 40.5 Å². The summed E-state index contributed by atoms with van der Waals surface area (Å²) >= 11 is 0. The molecule has 9 N–H and O–H groups in total. The molecule has 0 saturated heterocycles. The summed E-state index contributed by atoms with van der Waals surface area (Å²) < 4.78 is 0. The van der Waals surface area contributed by atoms with Crippen molar-refractivity contribution in [3.8, 4) is 0 Å². The van der Waals surface area contributed by atoms with Gasteiger partial charge in [-0.15, -0.1) is 0 Å². The van der Waals surface area contributed by atoms with Crippen LogP contribution in [0, 0.1) is 40.4 Å². The minimum atomic E-state index is -3.43. The molecule has 9 unspecified atom stereocenters. The summed E-state index contributed by atoms with van der Waals surface area (Å²) in [6.07, 6.45) is 2.35. The van der Waals surface area contributed by atoms with Gasteiger partial charge in [0.05, 0.1) is 12.2 Å². The highest BCUT2D eigenvalue weighted by molar-refractivity contribution is 5.66. The normalized spacial score (nSPS) is 49.6. The summed E-state index contributed by atoms with van der Waals surface area (Å²) in [5.74, 6) is -5.22. The maximum Gasteiger partial charge on any atom is 0.303 e. The van der Waals surface area contributed by atoms with Crippen LogP contribution >= 0.6 is 0 Å². The van der Waals surface area contributed by atoms with E-state index in [-0.39, 0.29) is 36.0 Å². The van der Waals surface area contributed by atoms with Gasteiger partial charge in [-0.25, -0.2) is 0 Å². The van der Waals surface area contributed by atoms with E-state index in [0.29, 0.717) is 25.2 Å². The van der Waals surface area contributed by atoms with Crippen molar-refractivity contribution in [1.29, 1.82) is 0 Å². The van der Waals surface area contributed by atoms with Gasteiger partial charge in [0.25, 0.3) is 0 Å². The zero-order chi connectivity index (χ0) is 25.3. The Kier molecular flexibility index (Phi) is 6.68. The van der Waals surface area contributed by atoms with Crippen LogP contribution in [0.4, 0.5) is 0 Å². The summed E-state index contributed by atoms with van der Waals surface area (Å²) in [7, 11) is 0. The van der Waals surface area contributed by atoms with Crippen molar-refractivity contribution in [2.24, 2.45) is 46.2 Å². The van der Waals surface area contributed by atoms with Gasteiger partial charge in [-0.05, 0) is 92.3 Å². The van der Waals surface area contributed by atoms with Gasteiger partial charge >= 0.3 is 11.9 Å². The molecule has 0 bridgehead atoms. The SMILES string of the molecule is CC12CCC3C(C(O)[C@H](C(O)C(O)(O)O)C4(N)C[C@H](O)CCC34C)C1CCC2CCCC(=O)O. The van der Waals surface area contributed by atoms with Crippen LogP contribution in [-0.2, 0) is 4.79 Å². The molecule has 34 heavy (non-hydrogen) atoms. The highest BCUT2D eigenvalue weighted by Gasteiger charge is 2.71. The highest BCUT2D eigenvalue weighted by Crippen LogP contribution is 2.69. The molecule has 0 aromatic carbocycles. The monoisotopic (exact) mass is 485 g/mol. The molecule has 0 aromatic rings. The van der Waals surface area contributed by atoms with E-state index in [1.165, 1.54) is 0 Å². The lowest BCUT2D eigenvalue weighted by Crippen LogP contribution is -2.78. The Balaban J connectivity index is 1.71. The van der Waals surface area contributed by atoms with E-state index in [9.17, 15) is 35.4 Å². The van der Waals surface area contributed by atoms with Crippen LogP contribution in [0.1, 0.15) is 78.1 Å². The highest BCUT2D eigenvalue weighted by atomic mass is 16.7. The van der Waals surface area contributed by atoms with E-state index in [1.54, 1.807) is 0 Å². The van der Waals surface area contributed by atoms with E-state index in [4.69, 9.17) is 10.8 Å². The average molecular weight is 486 g/mol. The third kappa shape index (κ3) is 3.83. The minimum Gasteiger partial charge on any atom is -0.481 e. The number of aliphatic hydroxyl groups is 6. The van der Waals surface area contributed by atoms with Gasteiger partial charge < -0.3 is 41.5 Å². The van der Waals surface area contributed by atoms with Crippen molar-refractivity contribution in [2.75, 3.05) is 0 Å². The van der Waals surface area contributed by atoms with Crippen molar-refractivity contribution >= 4 is 5.97 Å². The Morgan fingerprint density at radius 2 is 1.74 bits per heavy atom. The predicted octanol–water partition coefficient (Wildman–Crippen LogP) is 0.531. The smallest absolute Gasteiger partial charge is 0.303 e. The van der Waals surface area contributed by atoms with Crippen LogP contribution in [0.2, 0.25) is 0 Å². The lowest BCUT2D eigenvalue weighted by Gasteiger charge is -2.69. The summed E-state index contributed by atoms with van der Waals surface area (Å²) in [6.45, 7) is 4.27. The maximum atomic E-state index is 11.8. The molecule has 4 aliphatic rings. The number of hydrogen-bond acceptors (Lipinski definition) is 8. The second kappa shape index (κ2) is 8.64. The molecule has 196 valence electrons. The van der Waals surface area contributed by atoms with E-state index in [0.717, 1.165) is 32.1 Å². The first-order valence-corrected chi connectivity index (χ1v) is 12.9. The number of nitrogens with two attached hydrogens (primary N) is 1. The third-order valence-electron chi connectivity index (χ3n) is 11.0. The molecule has 0 spiro atoms. The Bertz CT molecular complexity index is 787. The van der Waals surface area contributed by atoms with Crippen LogP contribution in [-0.4, -0.2) is 71.5 Å². The van der Waals surface area contributed by atoms with E-state index >= 15 is 0 Å². The lowest BCUT2D eigenvalue weighted by molar-refractivity contribution is -0.380. The molecule has 4 fully saturated rings. The molecule has 4 aliphatic carbocycles. The molecule has 11 atom stereocenters. The fourth-order valence-electron chi connectivity index (χ4n) is 9.22. The van der Waals surface area contributed by atoms with Crippen LogP contribution in [0.3, 0.4) is 0 Å². The zero-order valence-electron chi connectivity index (χ0n) is 20.3. The molecule has 0 radical (unpaired) electrons. The summed E-state index contributed by atoms with van der Waals surface area (Å²) in [5, 5.41) is 71.9. The van der Waals surface area contributed by atoms with Crippen LogP contribution in [0.5, 0.6) is 0 Å². The zero-order valence-corrected chi connectivity index (χ0v) is 20.3. The van der Waals surface area contributed by atoms with Gasteiger partial charge in [-0.3, -0.25) is 4.79 Å². The number of carboxylic acid groups (broad SMARTS) is 1. The third-order valence-corrected chi connectivity index (χ3v) is 11.0. The maximum absolute atomic E-state index is 11.8. The Morgan fingerprint density at radius 3 is 2.35 bits per heavy atom. The standard InChI is InChI=1S/C25H43NO8/c1-22-10-9-16-18(15(22)7-6-13(22)4-3-5-17(28)29)20(30)19(21(31)25(32,33)34)24(26)12-14(27)8-11-23(16,24)2/h13-16,18-21,27,30-34H,3-12,26H2,1-2H3,(H,28,29)/t13?,14-,15?,16?,18?,19-,20?,21?,22?,23?,24?/m1/s1. The van der Waals surface area contributed by atoms with Gasteiger partial charge in [0, 0.05) is 17.9 Å². The van der Waals surface area contributed by atoms with Crippen molar-refractivity contribution in [3.63, 3.8) is 0 Å². The number of carboxylic acids is 1. The Morgan fingerprint density at radius 1 is 1.06 bits per heavy atom. The first-order chi connectivity index (χ1) is 15.7. The van der Waals surface area contributed by atoms with Crippen molar-refractivity contribution in [2.45, 2.75) is 108 Å². The largest absolute Gasteiger partial charge is 0.481 e. The van der Waals surface area contributed by atoms with E-state index < -0.39 is 47.1 Å². The van der Waals surface area contributed by atoms with Gasteiger partial charge in [0.1, 0.15) is 6.10 Å². The van der Waals surface area contributed by atoms with E-state index in [1.807, 2.05) is 6.92 Å². The van der Waals surface area contributed by atoms with Crippen LogP contribution in [0.15, 0.2) is 0 Å². The molecule has 0 amide bonds. The lowest BCUT2D eigenvalue weighted by atomic mass is 9.38. The van der Waals surface area contributed by atoms with Gasteiger partial charge in [0.15, 0.2) is 0 Å². The van der Waals surface area contributed by atoms with E-state index in [2.05, 4.69) is 6.92 Å². The molecule has 4 rings (SSSR count). The number of rotatable bonds is 6. The predicted molar refractivity (Wildman–Crippen MR) is 122 cm³/mol. The molecular weight excluding hydrogens is 442 g/mol. The average Bonchev–Trinajstić information content (AvgIpc) is 3.05. The Hall–Kier alpha value is -0.810. The fourth-order valence-corrected chi connectivity index (χ4v) is 9.22. The number of aliphatic carboxylic acids is 1. The van der Waals surface area contributed by atoms with Crippen LogP contribution < -0.4 is 5.73 Å². The Labute approximate surface area is 201 Å². The number of fused-ring (bicyclic) bond motifs is 5. The first kappa shape index (κ1) is 26.3. The molecule has 0 heterocycles. The second-order valence-corrected chi connectivity index (χ2v) is 12.4. The number of hydrogen-bond donors (Lipinski definition) is 8. The molecule has 0 aromatic heterocycles. The molecule has 4 saturated carbocycles. The second-order valence-electron chi connectivity index (χ2n) is 12.4. The minimum absolute atomic E-state index is 0.0322. The quantitative estimate of drug-likeness (QED) is 0.249. The molecule has 9 heteroatoms. The fraction of sp³-hybridized carbons (Fsp3) is 0.960.